The van der Waals surface area contributed by atoms with Crippen LogP contribution in [0.4, 0.5) is 5.69 Å². The Morgan fingerprint density at radius 1 is 1.06 bits per heavy atom. The molecule has 2 aromatic carbocycles. The molecule has 0 unspecified atom stereocenters. The minimum Gasteiger partial charge on any atom is -0.370 e. The van der Waals surface area contributed by atoms with Crippen LogP contribution in [-0.4, -0.2) is 5.96 Å². The van der Waals surface area contributed by atoms with Crippen molar-refractivity contribution in [2.24, 2.45) is 10.7 Å². The Bertz CT molecular complexity index is 538. The summed E-state index contributed by atoms with van der Waals surface area (Å²) in [6, 6.07) is 17.7. The molecule has 0 radical (unpaired) electrons. The van der Waals surface area contributed by atoms with Crippen molar-refractivity contribution >= 4 is 27.6 Å². The number of hydrogen-bond donors (Lipinski definition) is 2. The number of nitrogens with zero attached hydrogens (tertiary/aromatic N) is 1. The lowest BCUT2D eigenvalue weighted by Gasteiger charge is -2.05. The first-order valence-corrected chi connectivity index (χ1v) is 6.40. The van der Waals surface area contributed by atoms with Crippen molar-refractivity contribution in [3.8, 4) is 0 Å². The van der Waals surface area contributed by atoms with E-state index in [1.807, 2.05) is 54.6 Å². The summed E-state index contributed by atoms with van der Waals surface area (Å²) in [5, 5.41) is 3.04. The van der Waals surface area contributed by atoms with Gasteiger partial charge in [-0.3, -0.25) is 0 Å². The Balaban J connectivity index is 2.00. The Hall–Kier alpha value is -1.81. The van der Waals surface area contributed by atoms with Gasteiger partial charge >= 0.3 is 0 Å². The molecular formula is C14H14BrN3. The van der Waals surface area contributed by atoms with E-state index in [-0.39, 0.29) is 0 Å². The van der Waals surface area contributed by atoms with E-state index in [1.54, 1.807) is 0 Å². The summed E-state index contributed by atoms with van der Waals surface area (Å²) < 4.78 is 1.04. The number of benzene rings is 2. The van der Waals surface area contributed by atoms with Gasteiger partial charge in [0, 0.05) is 10.2 Å². The van der Waals surface area contributed by atoms with E-state index in [4.69, 9.17) is 5.73 Å². The molecule has 0 aliphatic rings. The normalized spacial score (nSPS) is 11.3. The minimum absolute atomic E-state index is 0.414. The van der Waals surface area contributed by atoms with E-state index in [9.17, 15) is 0 Å². The van der Waals surface area contributed by atoms with Gasteiger partial charge in [0.2, 0.25) is 0 Å². The molecule has 2 aromatic rings. The van der Waals surface area contributed by atoms with Crippen LogP contribution in [0.15, 0.2) is 64.1 Å². The lowest BCUT2D eigenvalue weighted by Crippen LogP contribution is -2.22. The summed E-state index contributed by atoms with van der Waals surface area (Å²) in [5.41, 5.74) is 7.87. The molecule has 3 N–H and O–H groups in total. The third-order valence-electron chi connectivity index (χ3n) is 2.42. The number of nitrogens with one attached hydrogen (secondary N) is 1. The van der Waals surface area contributed by atoms with E-state index >= 15 is 0 Å². The number of anilines is 1. The second kappa shape index (κ2) is 6.21. The van der Waals surface area contributed by atoms with Gasteiger partial charge in [0.1, 0.15) is 0 Å². The van der Waals surface area contributed by atoms with Gasteiger partial charge in [-0.05, 0) is 23.8 Å². The smallest absolute Gasteiger partial charge is 0.193 e. The first-order valence-electron chi connectivity index (χ1n) is 5.61. The van der Waals surface area contributed by atoms with Gasteiger partial charge in [-0.1, -0.05) is 52.3 Å². The number of rotatable bonds is 3. The van der Waals surface area contributed by atoms with Gasteiger partial charge in [-0.2, -0.15) is 0 Å². The first-order chi connectivity index (χ1) is 8.75. The predicted molar refractivity (Wildman–Crippen MR) is 79.5 cm³/mol. The fourth-order valence-electron chi connectivity index (χ4n) is 1.51. The molecule has 0 aliphatic carbocycles. The molecule has 0 saturated carbocycles. The standard InChI is InChI=1S/C14H14BrN3/c15-13-9-5-4-6-11(13)10-17-14(16)18-12-7-2-1-3-8-12/h1-9H,10H2,(H3,16,17,18). The lowest BCUT2D eigenvalue weighted by atomic mass is 10.2. The fraction of sp³-hybridized carbons (Fsp3) is 0.0714. The molecule has 0 spiro atoms. The molecule has 18 heavy (non-hydrogen) atoms. The molecule has 2 rings (SSSR count). The first kappa shape index (κ1) is 12.6. The van der Waals surface area contributed by atoms with E-state index in [1.165, 1.54) is 0 Å². The number of hydrogen-bond acceptors (Lipinski definition) is 1. The average Bonchev–Trinajstić information content (AvgIpc) is 2.39. The van der Waals surface area contributed by atoms with Crippen LogP contribution in [0.2, 0.25) is 0 Å². The number of guanidine groups is 1. The molecule has 0 atom stereocenters. The van der Waals surface area contributed by atoms with Crippen molar-refractivity contribution < 1.29 is 0 Å². The number of nitrogens with two attached hydrogens (primary N) is 1. The zero-order valence-electron chi connectivity index (χ0n) is 9.81. The van der Waals surface area contributed by atoms with E-state index in [2.05, 4.69) is 26.2 Å². The zero-order chi connectivity index (χ0) is 12.8. The van der Waals surface area contributed by atoms with Crippen LogP contribution in [-0.2, 0) is 6.54 Å². The van der Waals surface area contributed by atoms with E-state index < -0.39 is 0 Å². The van der Waals surface area contributed by atoms with Crippen molar-refractivity contribution in [3.63, 3.8) is 0 Å². The summed E-state index contributed by atoms with van der Waals surface area (Å²) in [6.45, 7) is 0.549. The van der Waals surface area contributed by atoms with Gasteiger partial charge in [-0.15, -0.1) is 0 Å². The lowest BCUT2D eigenvalue weighted by molar-refractivity contribution is 1.05. The topological polar surface area (TPSA) is 50.4 Å². The molecule has 0 aliphatic heterocycles. The second-order valence-corrected chi connectivity index (χ2v) is 4.64. The summed E-state index contributed by atoms with van der Waals surface area (Å²) >= 11 is 3.48. The van der Waals surface area contributed by atoms with E-state index in [0.29, 0.717) is 12.5 Å². The summed E-state index contributed by atoms with van der Waals surface area (Å²) in [7, 11) is 0. The average molecular weight is 304 g/mol. The third-order valence-corrected chi connectivity index (χ3v) is 3.20. The van der Waals surface area contributed by atoms with Gasteiger partial charge in [0.25, 0.3) is 0 Å². The fourth-order valence-corrected chi connectivity index (χ4v) is 1.92. The summed E-state index contributed by atoms with van der Waals surface area (Å²) in [5.74, 6) is 0.414. The van der Waals surface area contributed by atoms with Crippen LogP contribution >= 0.6 is 15.9 Å². The van der Waals surface area contributed by atoms with Gasteiger partial charge in [0.15, 0.2) is 5.96 Å². The van der Waals surface area contributed by atoms with Crippen LogP contribution in [0.25, 0.3) is 0 Å². The molecule has 0 saturated heterocycles. The highest BCUT2D eigenvalue weighted by Crippen LogP contribution is 2.16. The van der Waals surface area contributed by atoms with Gasteiger partial charge in [-0.25, -0.2) is 4.99 Å². The Labute approximate surface area is 115 Å². The summed E-state index contributed by atoms with van der Waals surface area (Å²) in [6.07, 6.45) is 0. The van der Waals surface area contributed by atoms with Gasteiger partial charge in [0.05, 0.1) is 6.54 Å². The SMILES string of the molecule is NC(=NCc1ccccc1Br)Nc1ccccc1. The number of halogens is 1. The Morgan fingerprint density at radius 3 is 2.44 bits per heavy atom. The quantitative estimate of drug-likeness (QED) is 0.674. The molecule has 0 heterocycles. The maximum absolute atomic E-state index is 5.83. The van der Waals surface area contributed by atoms with Crippen LogP contribution in [0.1, 0.15) is 5.56 Å². The highest BCUT2D eigenvalue weighted by molar-refractivity contribution is 9.10. The van der Waals surface area contributed by atoms with Crippen LogP contribution in [0, 0.1) is 0 Å². The maximum atomic E-state index is 5.83. The second-order valence-electron chi connectivity index (χ2n) is 3.78. The molecule has 0 amide bonds. The van der Waals surface area contributed by atoms with Crippen LogP contribution in [0.5, 0.6) is 0 Å². The number of para-hydroxylation sites is 1. The molecule has 0 bridgehead atoms. The monoisotopic (exact) mass is 303 g/mol. The van der Waals surface area contributed by atoms with Crippen molar-refractivity contribution in [1.29, 1.82) is 0 Å². The highest BCUT2D eigenvalue weighted by Gasteiger charge is 1.98. The molecule has 92 valence electrons. The summed E-state index contributed by atoms with van der Waals surface area (Å²) in [4.78, 5) is 4.30. The van der Waals surface area contributed by atoms with Crippen molar-refractivity contribution in [2.45, 2.75) is 6.54 Å². The van der Waals surface area contributed by atoms with E-state index in [0.717, 1.165) is 15.7 Å². The maximum Gasteiger partial charge on any atom is 0.193 e. The Morgan fingerprint density at radius 2 is 1.72 bits per heavy atom. The van der Waals surface area contributed by atoms with Crippen LogP contribution in [0.3, 0.4) is 0 Å². The molecular weight excluding hydrogens is 290 g/mol. The van der Waals surface area contributed by atoms with Crippen molar-refractivity contribution in [2.75, 3.05) is 5.32 Å². The molecule has 0 aromatic heterocycles. The Kier molecular flexibility index (Phi) is 4.36. The molecule has 3 nitrogen and oxygen atoms in total. The van der Waals surface area contributed by atoms with Gasteiger partial charge < -0.3 is 11.1 Å². The minimum atomic E-state index is 0.414. The van der Waals surface area contributed by atoms with Crippen molar-refractivity contribution in [3.05, 3.63) is 64.6 Å². The highest BCUT2D eigenvalue weighted by atomic mass is 79.9. The largest absolute Gasteiger partial charge is 0.370 e. The molecule has 0 fully saturated rings. The van der Waals surface area contributed by atoms with Crippen molar-refractivity contribution in [1.82, 2.24) is 0 Å². The molecule has 4 heteroatoms. The third kappa shape index (κ3) is 3.60. The van der Waals surface area contributed by atoms with Crippen LogP contribution < -0.4 is 11.1 Å². The number of aliphatic imine (C=N–C) groups is 1. The predicted octanol–water partition coefficient (Wildman–Crippen LogP) is 3.38. The zero-order valence-corrected chi connectivity index (χ0v) is 11.4.